The van der Waals surface area contributed by atoms with Crippen molar-refractivity contribution in [2.75, 3.05) is 13.1 Å². The molecule has 4 nitrogen and oxygen atoms in total. The summed E-state index contributed by atoms with van der Waals surface area (Å²) in [6.45, 7) is 5.18. The molecule has 1 aliphatic rings. The molecule has 0 spiro atoms. The van der Waals surface area contributed by atoms with Crippen molar-refractivity contribution < 1.29 is 9.21 Å². The van der Waals surface area contributed by atoms with E-state index in [-0.39, 0.29) is 11.8 Å². The molecule has 0 saturated carbocycles. The van der Waals surface area contributed by atoms with Crippen LogP contribution in [0, 0.1) is 6.92 Å². The van der Waals surface area contributed by atoms with Gasteiger partial charge in [-0.1, -0.05) is 6.07 Å². The third-order valence-electron chi connectivity index (χ3n) is 3.54. The maximum absolute atomic E-state index is 11.3. The molecule has 0 bridgehead atoms. The average Bonchev–Trinajstić information content (AvgIpc) is 2.93. The summed E-state index contributed by atoms with van der Waals surface area (Å²) in [4.78, 5) is 17.7. The highest BCUT2D eigenvalue weighted by Crippen LogP contribution is 2.29. The van der Waals surface area contributed by atoms with E-state index in [4.69, 9.17) is 4.42 Å². The van der Waals surface area contributed by atoms with Crippen LogP contribution in [0.5, 0.6) is 0 Å². The van der Waals surface area contributed by atoms with Gasteiger partial charge in [0.25, 0.3) is 0 Å². The SMILES string of the molecule is CC(=O)N1CC[C@H](c2nc3cc(C)ccc3o2)C1. The number of carbonyl (C=O) groups is 1. The first-order valence-electron chi connectivity index (χ1n) is 6.26. The zero-order valence-corrected chi connectivity index (χ0v) is 10.6. The average molecular weight is 244 g/mol. The van der Waals surface area contributed by atoms with Gasteiger partial charge < -0.3 is 9.32 Å². The lowest BCUT2D eigenvalue weighted by Crippen LogP contribution is -2.25. The van der Waals surface area contributed by atoms with Crippen LogP contribution in [0.3, 0.4) is 0 Å². The molecule has 0 aliphatic carbocycles. The first kappa shape index (κ1) is 11.3. The number of fused-ring (bicyclic) bond motifs is 1. The Balaban J connectivity index is 1.89. The number of oxazole rings is 1. The van der Waals surface area contributed by atoms with Gasteiger partial charge in [0.1, 0.15) is 5.52 Å². The van der Waals surface area contributed by atoms with E-state index in [1.807, 2.05) is 30.0 Å². The van der Waals surface area contributed by atoms with Crippen LogP contribution in [0.2, 0.25) is 0 Å². The van der Waals surface area contributed by atoms with E-state index < -0.39 is 0 Å². The molecule has 1 aliphatic heterocycles. The number of hydrogen-bond acceptors (Lipinski definition) is 3. The Morgan fingerprint density at radius 3 is 3.06 bits per heavy atom. The molecular weight excluding hydrogens is 228 g/mol. The van der Waals surface area contributed by atoms with Crippen LogP contribution in [0.25, 0.3) is 11.1 Å². The van der Waals surface area contributed by atoms with Crippen molar-refractivity contribution in [1.29, 1.82) is 0 Å². The molecule has 18 heavy (non-hydrogen) atoms. The Hall–Kier alpha value is -1.84. The van der Waals surface area contributed by atoms with Gasteiger partial charge in [0.15, 0.2) is 11.5 Å². The molecule has 3 rings (SSSR count). The number of nitrogens with zero attached hydrogens (tertiary/aromatic N) is 2. The second-order valence-corrected chi connectivity index (χ2v) is 4.97. The maximum Gasteiger partial charge on any atom is 0.219 e. The molecule has 2 aromatic rings. The highest BCUT2D eigenvalue weighted by molar-refractivity contribution is 5.74. The van der Waals surface area contributed by atoms with Crippen molar-refractivity contribution in [2.24, 2.45) is 0 Å². The van der Waals surface area contributed by atoms with E-state index in [9.17, 15) is 4.79 Å². The lowest BCUT2D eigenvalue weighted by atomic mass is 10.1. The molecule has 94 valence electrons. The molecule has 1 aromatic heterocycles. The zero-order valence-electron chi connectivity index (χ0n) is 10.6. The van der Waals surface area contributed by atoms with Gasteiger partial charge in [0, 0.05) is 20.0 Å². The summed E-state index contributed by atoms with van der Waals surface area (Å²) in [7, 11) is 0. The monoisotopic (exact) mass is 244 g/mol. The number of amides is 1. The van der Waals surface area contributed by atoms with E-state index in [1.54, 1.807) is 6.92 Å². The minimum atomic E-state index is 0.129. The third kappa shape index (κ3) is 1.88. The molecule has 0 unspecified atom stereocenters. The fourth-order valence-electron chi connectivity index (χ4n) is 2.48. The van der Waals surface area contributed by atoms with Crippen LogP contribution in [0.1, 0.15) is 30.7 Å². The summed E-state index contributed by atoms with van der Waals surface area (Å²) < 4.78 is 5.79. The van der Waals surface area contributed by atoms with Gasteiger partial charge in [-0.3, -0.25) is 4.79 Å². The van der Waals surface area contributed by atoms with Crippen LogP contribution in [0.4, 0.5) is 0 Å². The quantitative estimate of drug-likeness (QED) is 0.774. The van der Waals surface area contributed by atoms with Crippen molar-refractivity contribution in [3.8, 4) is 0 Å². The number of aromatic nitrogens is 1. The predicted octanol–water partition coefficient (Wildman–Crippen LogP) is 2.47. The molecule has 1 fully saturated rings. The molecule has 0 N–H and O–H groups in total. The van der Waals surface area contributed by atoms with Gasteiger partial charge in [-0.15, -0.1) is 0 Å². The summed E-state index contributed by atoms with van der Waals surface area (Å²) in [5.74, 6) is 1.13. The van der Waals surface area contributed by atoms with Crippen molar-refractivity contribution in [3.05, 3.63) is 29.7 Å². The summed E-state index contributed by atoms with van der Waals surface area (Å²) in [5.41, 5.74) is 2.92. The maximum atomic E-state index is 11.3. The standard InChI is InChI=1S/C14H16N2O2/c1-9-3-4-13-12(7-9)15-14(18-13)11-5-6-16(8-11)10(2)17/h3-4,7,11H,5-6,8H2,1-2H3/t11-/m0/s1. The van der Waals surface area contributed by atoms with Crippen LogP contribution in [0.15, 0.2) is 22.6 Å². The molecule has 4 heteroatoms. The zero-order chi connectivity index (χ0) is 12.7. The smallest absolute Gasteiger partial charge is 0.219 e. The Morgan fingerprint density at radius 1 is 1.50 bits per heavy atom. The number of aryl methyl sites for hydroxylation is 1. The summed E-state index contributed by atoms with van der Waals surface area (Å²) >= 11 is 0. The molecule has 0 radical (unpaired) electrons. The Morgan fingerprint density at radius 2 is 2.33 bits per heavy atom. The van der Waals surface area contributed by atoms with Gasteiger partial charge in [-0.25, -0.2) is 4.98 Å². The van der Waals surface area contributed by atoms with Gasteiger partial charge in [-0.05, 0) is 31.0 Å². The second kappa shape index (κ2) is 4.12. The van der Waals surface area contributed by atoms with E-state index in [1.165, 1.54) is 5.56 Å². The molecule has 2 heterocycles. The molecule has 1 atom stereocenters. The first-order valence-corrected chi connectivity index (χ1v) is 6.26. The summed E-state index contributed by atoms with van der Waals surface area (Å²) in [6, 6.07) is 6.01. The fourth-order valence-corrected chi connectivity index (χ4v) is 2.48. The number of rotatable bonds is 1. The van der Waals surface area contributed by atoms with Gasteiger partial charge in [0.2, 0.25) is 5.91 Å². The van der Waals surface area contributed by atoms with Gasteiger partial charge in [0.05, 0.1) is 5.92 Å². The van der Waals surface area contributed by atoms with E-state index in [2.05, 4.69) is 4.98 Å². The fraction of sp³-hybridized carbons (Fsp3) is 0.429. The first-order chi connectivity index (χ1) is 8.63. The molecule has 1 aromatic carbocycles. The third-order valence-corrected chi connectivity index (χ3v) is 3.54. The van der Waals surface area contributed by atoms with Gasteiger partial charge in [-0.2, -0.15) is 0 Å². The van der Waals surface area contributed by atoms with Crippen LogP contribution in [-0.2, 0) is 4.79 Å². The normalized spacial score (nSPS) is 19.7. The Kier molecular flexibility index (Phi) is 2.58. The van der Waals surface area contributed by atoms with E-state index >= 15 is 0 Å². The lowest BCUT2D eigenvalue weighted by Gasteiger charge is -2.12. The predicted molar refractivity (Wildman–Crippen MR) is 68.4 cm³/mol. The van der Waals surface area contributed by atoms with Crippen LogP contribution in [-0.4, -0.2) is 28.9 Å². The Labute approximate surface area is 106 Å². The Bertz CT molecular complexity index is 603. The van der Waals surface area contributed by atoms with Crippen molar-refractivity contribution in [2.45, 2.75) is 26.2 Å². The van der Waals surface area contributed by atoms with Crippen molar-refractivity contribution in [3.63, 3.8) is 0 Å². The number of hydrogen-bond donors (Lipinski definition) is 0. The number of carbonyl (C=O) groups excluding carboxylic acids is 1. The topological polar surface area (TPSA) is 46.3 Å². The van der Waals surface area contributed by atoms with E-state index in [0.29, 0.717) is 0 Å². The van der Waals surface area contributed by atoms with Crippen molar-refractivity contribution >= 4 is 17.0 Å². The van der Waals surface area contributed by atoms with Crippen molar-refractivity contribution in [1.82, 2.24) is 9.88 Å². The molecule has 1 amide bonds. The minimum absolute atomic E-state index is 0.129. The van der Waals surface area contributed by atoms with E-state index in [0.717, 1.165) is 36.5 Å². The highest BCUT2D eigenvalue weighted by Gasteiger charge is 2.29. The summed E-state index contributed by atoms with van der Waals surface area (Å²) in [5, 5.41) is 0. The number of likely N-dealkylation sites (tertiary alicyclic amines) is 1. The van der Waals surface area contributed by atoms with Crippen LogP contribution >= 0.6 is 0 Å². The van der Waals surface area contributed by atoms with Crippen LogP contribution < -0.4 is 0 Å². The van der Waals surface area contributed by atoms with Gasteiger partial charge >= 0.3 is 0 Å². The second-order valence-electron chi connectivity index (χ2n) is 4.97. The molecule has 1 saturated heterocycles. The lowest BCUT2D eigenvalue weighted by molar-refractivity contribution is -0.127. The molecular formula is C14H16N2O2. The summed E-state index contributed by atoms with van der Waals surface area (Å²) in [6.07, 6.45) is 0.936. The largest absolute Gasteiger partial charge is 0.440 e. The highest BCUT2D eigenvalue weighted by atomic mass is 16.3. The minimum Gasteiger partial charge on any atom is -0.440 e. The number of benzene rings is 1.